The van der Waals surface area contributed by atoms with Crippen LogP contribution in [0.1, 0.15) is 38.3 Å². The van der Waals surface area contributed by atoms with E-state index in [1.165, 1.54) is 18.9 Å². The smallest absolute Gasteiger partial charge is 0.131 e. The Morgan fingerprint density at radius 3 is 2.76 bits per heavy atom. The molecule has 1 N–H and O–H groups in total. The Bertz CT molecular complexity index is 401. The molecule has 0 spiro atoms. The van der Waals surface area contributed by atoms with Gasteiger partial charge in [-0.3, -0.25) is 0 Å². The lowest BCUT2D eigenvalue weighted by molar-refractivity contribution is 0.386. The fourth-order valence-corrected chi connectivity index (χ4v) is 2.01. The molecule has 0 heterocycles. The average Bonchev–Trinajstić information content (AvgIpc) is 3.04. The van der Waals surface area contributed by atoms with Gasteiger partial charge in [0.15, 0.2) is 0 Å². The Balaban J connectivity index is 2.09. The Morgan fingerprint density at radius 1 is 1.47 bits per heavy atom. The van der Waals surface area contributed by atoms with Crippen molar-refractivity contribution in [3.8, 4) is 5.75 Å². The highest BCUT2D eigenvalue weighted by molar-refractivity contribution is 5.36. The van der Waals surface area contributed by atoms with Crippen LogP contribution in [0, 0.1) is 11.2 Å². The molecular formula is C14H20FNO. The van der Waals surface area contributed by atoms with Crippen LogP contribution in [0.3, 0.4) is 0 Å². The van der Waals surface area contributed by atoms with E-state index in [0.717, 1.165) is 6.54 Å². The van der Waals surface area contributed by atoms with Gasteiger partial charge in [0.25, 0.3) is 0 Å². The summed E-state index contributed by atoms with van der Waals surface area (Å²) in [5.74, 6) is 0.413. The predicted octanol–water partition coefficient (Wildman–Crippen LogP) is 3.29. The molecule has 0 amide bonds. The van der Waals surface area contributed by atoms with Gasteiger partial charge in [-0.1, -0.05) is 13.0 Å². The van der Waals surface area contributed by atoms with E-state index >= 15 is 0 Å². The molecule has 94 valence electrons. The summed E-state index contributed by atoms with van der Waals surface area (Å²) in [6.07, 6.45) is 2.53. The molecule has 3 heteroatoms. The van der Waals surface area contributed by atoms with Crippen molar-refractivity contribution in [2.45, 2.75) is 32.7 Å². The number of benzene rings is 1. The molecule has 1 aromatic carbocycles. The summed E-state index contributed by atoms with van der Waals surface area (Å²) in [5.41, 5.74) is 1.05. The lowest BCUT2D eigenvalue weighted by Gasteiger charge is -2.20. The van der Waals surface area contributed by atoms with Gasteiger partial charge in [0.05, 0.1) is 7.11 Å². The van der Waals surface area contributed by atoms with E-state index in [9.17, 15) is 4.39 Å². The monoisotopic (exact) mass is 237 g/mol. The Labute approximate surface area is 102 Å². The van der Waals surface area contributed by atoms with Crippen LogP contribution in [-0.2, 0) is 0 Å². The van der Waals surface area contributed by atoms with E-state index in [2.05, 4.69) is 12.2 Å². The minimum Gasteiger partial charge on any atom is -0.496 e. The lowest BCUT2D eigenvalue weighted by Crippen LogP contribution is -2.26. The van der Waals surface area contributed by atoms with Gasteiger partial charge < -0.3 is 10.1 Å². The number of hydrogen-bond acceptors (Lipinski definition) is 2. The molecule has 0 aromatic heterocycles. The standard InChI is InChI=1S/C14H20FNO/c1-10(16-9-14(2)7-8-14)13-11(15)5-4-6-12(13)17-3/h4-6,10,16H,7-9H2,1-3H3. The van der Waals surface area contributed by atoms with Crippen LogP contribution in [0.25, 0.3) is 0 Å². The molecule has 1 atom stereocenters. The molecule has 1 saturated carbocycles. The number of ether oxygens (including phenoxy) is 1. The normalized spacial score (nSPS) is 18.8. The van der Waals surface area contributed by atoms with Crippen molar-refractivity contribution in [1.29, 1.82) is 0 Å². The highest BCUT2D eigenvalue weighted by atomic mass is 19.1. The van der Waals surface area contributed by atoms with Crippen LogP contribution < -0.4 is 10.1 Å². The van der Waals surface area contributed by atoms with Crippen molar-refractivity contribution in [2.75, 3.05) is 13.7 Å². The molecule has 1 aliphatic rings. The van der Waals surface area contributed by atoms with E-state index in [1.807, 2.05) is 6.92 Å². The molecule has 17 heavy (non-hydrogen) atoms. The third-order valence-corrected chi connectivity index (χ3v) is 3.60. The summed E-state index contributed by atoms with van der Waals surface area (Å²) in [5, 5.41) is 3.40. The fraction of sp³-hybridized carbons (Fsp3) is 0.571. The maximum Gasteiger partial charge on any atom is 0.131 e. The first-order chi connectivity index (χ1) is 8.06. The number of halogens is 1. The van der Waals surface area contributed by atoms with Crippen LogP contribution in [0.4, 0.5) is 4.39 Å². The van der Waals surface area contributed by atoms with Gasteiger partial charge in [0.2, 0.25) is 0 Å². The number of methoxy groups -OCH3 is 1. The highest BCUT2D eigenvalue weighted by Gasteiger charge is 2.37. The van der Waals surface area contributed by atoms with Gasteiger partial charge in [-0.05, 0) is 37.3 Å². The Morgan fingerprint density at radius 2 is 2.18 bits per heavy atom. The largest absolute Gasteiger partial charge is 0.496 e. The minimum atomic E-state index is -0.203. The average molecular weight is 237 g/mol. The van der Waals surface area contributed by atoms with Crippen LogP contribution >= 0.6 is 0 Å². The second-order valence-corrected chi connectivity index (χ2v) is 5.27. The number of nitrogens with one attached hydrogen (secondary N) is 1. The minimum absolute atomic E-state index is 0.0245. The number of rotatable bonds is 5. The first kappa shape index (κ1) is 12.4. The molecule has 1 aliphatic carbocycles. The van der Waals surface area contributed by atoms with E-state index in [-0.39, 0.29) is 11.9 Å². The van der Waals surface area contributed by atoms with Gasteiger partial charge in [-0.2, -0.15) is 0 Å². The first-order valence-electron chi connectivity index (χ1n) is 6.11. The van der Waals surface area contributed by atoms with Crippen LogP contribution in [0.15, 0.2) is 18.2 Å². The molecule has 0 radical (unpaired) electrons. The maximum absolute atomic E-state index is 13.8. The van der Waals surface area contributed by atoms with Crippen molar-refractivity contribution in [3.05, 3.63) is 29.6 Å². The first-order valence-corrected chi connectivity index (χ1v) is 6.11. The SMILES string of the molecule is COc1cccc(F)c1C(C)NCC1(C)CC1. The van der Waals surface area contributed by atoms with E-state index < -0.39 is 0 Å². The van der Waals surface area contributed by atoms with Crippen molar-refractivity contribution in [3.63, 3.8) is 0 Å². The maximum atomic E-state index is 13.8. The molecule has 1 unspecified atom stereocenters. The van der Waals surface area contributed by atoms with Crippen molar-refractivity contribution in [2.24, 2.45) is 5.41 Å². The molecule has 2 rings (SSSR count). The second kappa shape index (κ2) is 4.65. The Hall–Kier alpha value is -1.09. The van der Waals surface area contributed by atoms with E-state index in [0.29, 0.717) is 16.7 Å². The van der Waals surface area contributed by atoms with E-state index in [1.54, 1.807) is 19.2 Å². The predicted molar refractivity (Wildman–Crippen MR) is 66.7 cm³/mol. The zero-order valence-electron chi connectivity index (χ0n) is 10.7. The molecular weight excluding hydrogens is 217 g/mol. The molecule has 1 aromatic rings. The van der Waals surface area contributed by atoms with Crippen molar-refractivity contribution >= 4 is 0 Å². The van der Waals surface area contributed by atoms with Crippen LogP contribution in [0.5, 0.6) is 5.75 Å². The lowest BCUT2D eigenvalue weighted by atomic mass is 10.0. The second-order valence-electron chi connectivity index (χ2n) is 5.27. The fourth-order valence-electron chi connectivity index (χ4n) is 2.01. The summed E-state index contributed by atoms with van der Waals surface area (Å²) < 4.78 is 19.0. The molecule has 1 fully saturated rings. The van der Waals surface area contributed by atoms with Gasteiger partial charge >= 0.3 is 0 Å². The summed E-state index contributed by atoms with van der Waals surface area (Å²) in [6.45, 7) is 5.17. The molecule has 0 aliphatic heterocycles. The summed E-state index contributed by atoms with van der Waals surface area (Å²) in [6, 6.07) is 4.93. The summed E-state index contributed by atoms with van der Waals surface area (Å²) >= 11 is 0. The van der Waals surface area contributed by atoms with Crippen LogP contribution in [0.2, 0.25) is 0 Å². The summed E-state index contributed by atoms with van der Waals surface area (Å²) in [4.78, 5) is 0. The molecule has 0 bridgehead atoms. The van der Waals surface area contributed by atoms with Crippen molar-refractivity contribution in [1.82, 2.24) is 5.32 Å². The highest BCUT2D eigenvalue weighted by Crippen LogP contribution is 2.44. The van der Waals surface area contributed by atoms with Crippen LogP contribution in [-0.4, -0.2) is 13.7 Å². The third kappa shape index (κ3) is 2.78. The van der Waals surface area contributed by atoms with Gasteiger partial charge in [0, 0.05) is 18.2 Å². The molecule has 0 saturated heterocycles. The third-order valence-electron chi connectivity index (χ3n) is 3.60. The quantitative estimate of drug-likeness (QED) is 0.848. The topological polar surface area (TPSA) is 21.3 Å². The van der Waals surface area contributed by atoms with Gasteiger partial charge in [-0.25, -0.2) is 4.39 Å². The van der Waals surface area contributed by atoms with E-state index in [4.69, 9.17) is 4.74 Å². The zero-order chi connectivity index (χ0) is 12.5. The Kier molecular flexibility index (Phi) is 3.38. The summed E-state index contributed by atoms with van der Waals surface area (Å²) in [7, 11) is 1.58. The zero-order valence-corrected chi connectivity index (χ0v) is 10.7. The molecule has 2 nitrogen and oxygen atoms in total. The van der Waals surface area contributed by atoms with Crippen molar-refractivity contribution < 1.29 is 9.13 Å². The van der Waals surface area contributed by atoms with Gasteiger partial charge in [-0.15, -0.1) is 0 Å². The number of hydrogen-bond donors (Lipinski definition) is 1. The van der Waals surface area contributed by atoms with Gasteiger partial charge in [0.1, 0.15) is 11.6 Å².